The van der Waals surface area contributed by atoms with Crippen molar-refractivity contribution >= 4 is 27.2 Å². The van der Waals surface area contributed by atoms with E-state index in [-0.39, 0.29) is 24.1 Å². The number of carbonyl (C=O) groups excluding carboxylic acids is 1. The number of nitrogens with zero attached hydrogens (tertiary/aromatic N) is 1. The number of halogens is 1. The molecule has 2 heterocycles. The van der Waals surface area contributed by atoms with E-state index in [9.17, 15) is 14.3 Å². The molecule has 0 unspecified atom stereocenters. The van der Waals surface area contributed by atoms with E-state index < -0.39 is 0 Å². The largest absolute Gasteiger partial charge is 0.508 e. The molecule has 4 aromatic rings. The number of fused-ring (bicyclic) bond motifs is 1. The highest BCUT2D eigenvalue weighted by molar-refractivity contribution is 7.21. The van der Waals surface area contributed by atoms with Crippen molar-refractivity contribution in [2.75, 3.05) is 26.3 Å². The topological polar surface area (TPSA) is 49.8 Å². The van der Waals surface area contributed by atoms with Crippen molar-refractivity contribution in [1.82, 2.24) is 4.90 Å². The molecule has 1 aromatic heterocycles. The van der Waals surface area contributed by atoms with Crippen LogP contribution < -0.4 is 4.74 Å². The van der Waals surface area contributed by atoms with Gasteiger partial charge in [0, 0.05) is 41.2 Å². The standard InChI is InChI=1S/C28H26FNO3S/c1-18-2-6-21(7-3-18)26(32)28-27(24-11-8-22(31)14-25(24)34-28)33-23-9-4-19(5-10-23)12-13-30-16-20(15-29)17-30/h2-11,14,20,31H,12-13,15-17H2,1H3. The molecule has 0 atom stereocenters. The molecule has 34 heavy (non-hydrogen) atoms. The third-order valence-electron chi connectivity index (χ3n) is 6.26. The molecule has 0 bridgehead atoms. The second-order valence-corrected chi connectivity index (χ2v) is 9.96. The van der Waals surface area contributed by atoms with Crippen molar-refractivity contribution in [3.05, 3.63) is 88.3 Å². The molecule has 5 rings (SSSR count). The first kappa shape index (κ1) is 22.6. The molecule has 1 saturated heterocycles. The van der Waals surface area contributed by atoms with Gasteiger partial charge < -0.3 is 14.7 Å². The first-order valence-electron chi connectivity index (χ1n) is 11.4. The van der Waals surface area contributed by atoms with Crippen LogP contribution in [-0.2, 0) is 6.42 Å². The van der Waals surface area contributed by atoms with Gasteiger partial charge in [-0.3, -0.25) is 9.18 Å². The zero-order valence-corrected chi connectivity index (χ0v) is 19.8. The minimum absolute atomic E-state index is 0.103. The molecular formula is C28H26FNO3S. The Bertz CT molecular complexity index is 1310. The number of alkyl halides is 1. The monoisotopic (exact) mass is 475 g/mol. The number of ether oxygens (including phenoxy) is 1. The molecule has 0 spiro atoms. The molecule has 1 N–H and O–H groups in total. The minimum atomic E-state index is -0.228. The number of aromatic hydroxyl groups is 1. The molecule has 4 nitrogen and oxygen atoms in total. The van der Waals surface area contributed by atoms with Crippen LogP contribution in [-0.4, -0.2) is 42.1 Å². The summed E-state index contributed by atoms with van der Waals surface area (Å²) in [5, 5.41) is 10.7. The Morgan fingerprint density at radius 3 is 2.53 bits per heavy atom. The summed E-state index contributed by atoms with van der Waals surface area (Å²) in [5.74, 6) is 1.41. The van der Waals surface area contributed by atoms with E-state index in [1.54, 1.807) is 18.2 Å². The number of ketones is 1. The quantitative estimate of drug-likeness (QED) is 0.300. The summed E-state index contributed by atoms with van der Waals surface area (Å²) in [4.78, 5) is 16.1. The molecule has 6 heteroatoms. The highest BCUT2D eigenvalue weighted by Crippen LogP contribution is 2.42. The Hall–Kier alpha value is -3.22. The van der Waals surface area contributed by atoms with Crippen molar-refractivity contribution < 1.29 is 19.0 Å². The van der Waals surface area contributed by atoms with Gasteiger partial charge in [-0.1, -0.05) is 42.0 Å². The van der Waals surface area contributed by atoms with Crippen LogP contribution in [0.2, 0.25) is 0 Å². The summed E-state index contributed by atoms with van der Waals surface area (Å²) in [5.41, 5.74) is 2.88. The van der Waals surface area contributed by atoms with Gasteiger partial charge in [0.05, 0.1) is 6.67 Å². The Morgan fingerprint density at radius 2 is 1.82 bits per heavy atom. The number of thiophene rings is 1. The Labute approximate surface area is 202 Å². The number of rotatable bonds is 8. The summed E-state index contributed by atoms with van der Waals surface area (Å²) in [6.07, 6.45) is 0.900. The fourth-order valence-electron chi connectivity index (χ4n) is 4.23. The van der Waals surface area contributed by atoms with Crippen molar-refractivity contribution in [3.8, 4) is 17.2 Å². The van der Waals surface area contributed by atoms with Gasteiger partial charge in [-0.2, -0.15) is 0 Å². The Balaban J connectivity index is 1.37. The maximum atomic E-state index is 13.3. The number of hydrogen-bond donors (Lipinski definition) is 1. The lowest BCUT2D eigenvalue weighted by Gasteiger charge is -2.37. The van der Waals surface area contributed by atoms with Crippen LogP contribution in [0.4, 0.5) is 4.39 Å². The van der Waals surface area contributed by atoms with E-state index >= 15 is 0 Å². The van der Waals surface area contributed by atoms with Gasteiger partial charge in [-0.05, 0) is 49.2 Å². The molecule has 0 saturated carbocycles. The van der Waals surface area contributed by atoms with Crippen molar-refractivity contribution in [3.63, 3.8) is 0 Å². The second-order valence-electron chi connectivity index (χ2n) is 8.91. The summed E-state index contributed by atoms with van der Waals surface area (Å²) in [6, 6.07) is 20.4. The van der Waals surface area contributed by atoms with Crippen LogP contribution in [0.15, 0.2) is 66.7 Å². The lowest BCUT2D eigenvalue weighted by molar-refractivity contribution is 0.0824. The van der Waals surface area contributed by atoms with Gasteiger partial charge in [0.1, 0.15) is 16.4 Å². The second kappa shape index (κ2) is 9.57. The van der Waals surface area contributed by atoms with E-state index in [0.29, 0.717) is 21.9 Å². The van der Waals surface area contributed by atoms with Crippen LogP contribution in [0.3, 0.4) is 0 Å². The van der Waals surface area contributed by atoms with Crippen LogP contribution in [0.25, 0.3) is 10.1 Å². The molecule has 3 aromatic carbocycles. The van der Waals surface area contributed by atoms with Crippen molar-refractivity contribution in [1.29, 1.82) is 0 Å². The maximum absolute atomic E-state index is 13.3. The molecule has 0 amide bonds. The summed E-state index contributed by atoms with van der Waals surface area (Å²) in [6.45, 7) is 4.37. The maximum Gasteiger partial charge on any atom is 0.206 e. The lowest BCUT2D eigenvalue weighted by Crippen LogP contribution is -2.48. The summed E-state index contributed by atoms with van der Waals surface area (Å²) >= 11 is 1.32. The number of aryl methyl sites for hydroxylation is 1. The van der Waals surface area contributed by atoms with Gasteiger partial charge in [-0.25, -0.2) is 0 Å². The fraction of sp³-hybridized carbons (Fsp3) is 0.250. The average molecular weight is 476 g/mol. The molecule has 174 valence electrons. The molecule has 0 aliphatic carbocycles. The molecule has 1 aliphatic heterocycles. The average Bonchev–Trinajstić information content (AvgIpc) is 3.16. The first-order chi connectivity index (χ1) is 16.5. The third-order valence-corrected chi connectivity index (χ3v) is 7.39. The first-order valence-corrected chi connectivity index (χ1v) is 12.2. The van der Waals surface area contributed by atoms with E-state index in [4.69, 9.17) is 4.74 Å². The van der Waals surface area contributed by atoms with Crippen molar-refractivity contribution in [2.24, 2.45) is 5.92 Å². The van der Waals surface area contributed by atoms with E-state index in [1.165, 1.54) is 16.9 Å². The predicted octanol–water partition coefficient (Wildman–Crippen LogP) is 6.38. The third kappa shape index (κ3) is 4.69. The van der Waals surface area contributed by atoms with Gasteiger partial charge in [-0.15, -0.1) is 11.3 Å². The zero-order chi connectivity index (χ0) is 23.7. The number of benzene rings is 3. The zero-order valence-electron chi connectivity index (χ0n) is 19.0. The molecular weight excluding hydrogens is 449 g/mol. The SMILES string of the molecule is Cc1ccc(C(=O)c2sc3cc(O)ccc3c2Oc2ccc(CCN3CC(CF)C3)cc2)cc1. The highest BCUT2D eigenvalue weighted by atomic mass is 32.1. The summed E-state index contributed by atoms with van der Waals surface area (Å²) in [7, 11) is 0. The van der Waals surface area contributed by atoms with E-state index in [2.05, 4.69) is 4.90 Å². The van der Waals surface area contributed by atoms with Gasteiger partial charge in [0.2, 0.25) is 5.78 Å². The number of likely N-dealkylation sites (tertiary alicyclic amines) is 1. The van der Waals surface area contributed by atoms with Gasteiger partial charge >= 0.3 is 0 Å². The Kier molecular flexibility index (Phi) is 6.35. The fourth-order valence-corrected chi connectivity index (χ4v) is 5.36. The smallest absolute Gasteiger partial charge is 0.206 e. The van der Waals surface area contributed by atoms with Crippen LogP contribution in [0.1, 0.15) is 26.4 Å². The molecule has 1 aliphatic rings. The van der Waals surface area contributed by atoms with Crippen LogP contribution in [0.5, 0.6) is 17.2 Å². The van der Waals surface area contributed by atoms with Crippen molar-refractivity contribution in [2.45, 2.75) is 13.3 Å². The van der Waals surface area contributed by atoms with E-state index in [1.807, 2.05) is 55.5 Å². The highest BCUT2D eigenvalue weighted by Gasteiger charge is 2.26. The predicted molar refractivity (Wildman–Crippen MR) is 134 cm³/mol. The molecule has 0 radical (unpaired) electrons. The van der Waals surface area contributed by atoms with Crippen LogP contribution in [0, 0.1) is 12.8 Å². The Morgan fingerprint density at radius 1 is 1.09 bits per heavy atom. The minimum Gasteiger partial charge on any atom is -0.508 e. The molecule has 1 fully saturated rings. The van der Waals surface area contributed by atoms with Gasteiger partial charge in [0.25, 0.3) is 0 Å². The number of hydrogen-bond acceptors (Lipinski definition) is 5. The number of carbonyl (C=O) groups is 1. The van der Waals surface area contributed by atoms with Crippen LogP contribution >= 0.6 is 11.3 Å². The normalized spacial score (nSPS) is 14.3. The summed E-state index contributed by atoms with van der Waals surface area (Å²) < 4.78 is 19.7. The number of phenols is 1. The van der Waals surface area contributed by atoms with Gasteiger partial charge in [0.15, 0.2) is 5.75 Å². The number of phenolic OH excluding ortho intramolecular Hbond substituents is 1. The van der Waals surface area contributed by atoms with E-state index in [0.717, 1.165) is 41.7 Å². The lowest BCUT2D eigenvalue weighted by atomic mass is 10.0.